The van der Waals surface area contributed by atoms with Gasteiger partial charge in [-0.3, -0.25) is 0 Å². The van der Waals surface area contributed by atoms with Crippen molar-refractivity contribution in [2.24, 2.45) is 0 Å². The molecule has 1 N–H and O–H groups in total. The first-order valence-electron chi connectivity index (χ1n) is 7.68. The first-order valence-corrected chi connectivity index (χ1v) is 8.66. The first-order chi connectivity index (χ1) is 9.90. The predicted molar refractivity (Wildman–Crippen MR) is 85.3 cm³/mol. The second kappa shape index (κ2) is 6.68. The molecule has 2 heterocycles. The van der Waals surface area contributed by atoms with Crippen LogP contribution in [0.3, 0.4) is 0 Å². The monoisotopic (exact) mass is 289 g/mol. The van der Waals surface area contributed by atoms with Gasteiger partial charge in [-0.2, -0.15) is 0 Å². The van der Waals surface area contributed by atoms with Gasteiger partial charge in [0.2, 0.25) is 0 Å². The van der Waals surface area contributed by atoms with Crippen LogP contribution in [0.4, 0.5) is 0 Å². The van der Waals surface area contributed by atoms with Gasteiger partial charge in [-0.1, -0.05) is 25.1 Å². The number of hydrogen-bond donors (Lipinski definition) is 1. The van der Waals surface area contributed by atoms with E-state index in [-0.39, 0.29) is 0 Å². The van der Waals surface area contributed by atoms with Gasteiger partial charge < -0.3 is 10.1 Å². The highest BCUT2D eigenvalue weighted by atomic mass is 32.2. The van der Waals surface area contributed by atoms with Gasteiger partial charge in [0.05, 0.1) is 12.6 Å². The van der Waals surface area contributed by atoms with Crippen LogP contribution in [0.5, 0.6) is 0 Å². The molecule has 0 bridgehead atoms. The lowest BCUT2D eigenvalue weighted by Crippen LogP contribution is -2.39. The Kier molecular flexibility index (Phi) is 4.69. The van der Waals surface area contributed by atoms with Crippen LogP contribution in [0.2, 0.25) is 0 Å². The molecule has 2 nitrogen and oxygen atoms in total. The summed E-state index contributed by atoms with van der Waals surface area (Å²) < 4.78 is 5.95. The van der Waals surface area contributed by atoms with Crippen molar-refractivity contribution in [2.75, 3.05) is 18.9 Å². The van der Waals surface area contributed by atoms with Crippen LogP contribution in [-0.2, 0) is 4.74 Å². The van der Waals surface area contributed by atoms with E-state index in [2.05, 4.69) is 42.6 Å². The van der Waals surface area contributed by atoms with Crippen molar-refractivity contribution in [3.63, 3.8) is 0 Å². The normalized spacial score (nSPS) is 22.9. The lowest BCUT2D eigenvalue weighted by Gasteiger charge is -2.29. The Morgan fingerprint density at radius 2 is 2.30 bits per heavy atom. The quantitative estimate of drug-likeness (QED) is 0.887. The van der Waals surface area contributed by atoms with E-state index in [1.165, 1.54) is 16.2 Å². The van der Waals surface area contributed by atoms with E-state index >= 15 is 0 Å². The molecular weight excluding hydrogens is 266 g/mol. The van der Waals surface area contributed by atoms with Crippen molar-refractivity contribution in [1.82, 2.24) is 5.32 Å². The number of hydrogen-bond acceptors (Lipinski definition) is 3. The summed E-state index contributed by atoms with van der Waals surface area (Å²) in [5.41, 5.74) is 1.49. The molecule has 3 heteroatoms. The molecule has 1 aromatic rings. The van der Waals surface area contributed by atoms with Crippen LogP contribution < -0.4 is 5.32 Å². The molecule has 0 amide bonds. The molecular formula is C17H23NOS. The van der Waals surface area contributed by atoms with E-state index < -0.39 is 0 Å². The summed E-state index contributed by atoms with van der Waals surface area (Å²) in [6.07, 6.45) is 5.76. The van der Waals surface area contributed by atoms with Gasteiger partial charge in [0.1, 0.15) is 5.76 Å². The van der Waals surface area contributed by atoms with Crippen LogP contribution in [0, 0.1) is 0 Å². The number of ether oxygens (including phenoxy) is 1. The zero-order valence-corrected chi connectivity index (χ0v) is 12.9. The molecule has 2 unspecified atom stereocenters. The Hall–Kier alpha value is -0.930. The highest BCUT2D eigenvalue weighted by Crippen LogP contribution is 2.42. The summed E-state index contributed by atoms with van der Waals surface area (Å²) >= 11 is 1.98. The third-order valence-electron chi connectivity index (χ3n) is 4.02. The number of nitrogens with one attached hydrogen (secondary N) is 1. The molecule has 0 aromatic heterocycles. The highest BCUT2D eigenvalue weighted by molar-refractivity contribution is 7.99. The van der Waals surface area contributed by atoms with E-state index in [0.717, 1.165) is 38.2 Å². The molecule has 1 aromatic carbocycles. The minimum absolute atomic E-state index is 0.339. The largest absolute Gasteiger partial charge is 0.497 e. The second-order valence-electron chi connectivity index (χ2n) is 5.48. The zero-order valence-electron chi connectivity index (χ0n) is 12.1. The van der Waals surface area contributed by atoms with Crippen molar-refractivity contribution in [3.8, 4) is 0 Å². The average molecular weight is 289 g/mol. The number of benzene rings is 1. The second-order valence-corrected chi connectivity index (χ2v) is 6.55. The van der Waals surface area contributed by atoms with E-state index in [0.29, 0.717) is 12.0 Å². The number of allylic oxidation sites excluding steroid dienone is 1. The molecule has 0 fully saturated rings. The van der Waals surface area contributed by atoms with Gasteiger partial charge in [-0.25, -0.2) is 0 Å². The Balaban J connectivity index is 1.84. The maximum Gasteiger partial charge on any atom is 0.110 e. The van der Waals surface area contributed by atoms with Gasteiger partial charge >= 0.3 is 0 Å². The Morgan fingerprint density at radius 1 is 1.40 bits per heavy atom. The van der Waals surface area contributed by atoms with Gasteiger partial charge in [-0.15, -0.1) is 11.8 Å². The smallest absolute Gasteiger partial charge is 0.110 e. The fraction of sp³-hybridized carbons (Fsp3) is 0.529. The van der Waals surface area contributed by atoms with Gasteiger partial charge in [0, 0.05) is 16.6 Å². The standard InChI is InChI=1S/C17H23NOS/c1-2-10-18-17(15-8-5-6-11-19-15)14-12-20-16-9-4-3-7-13(14)16/h3-4,7-9,14,17-18H,2,5-6,10-12H2,1H3. The summed E-state index contributed by atoms with van der Waals surface area (Å²) in [5, 5.41) is 3.72. The van der Waals surface area contributed by atoms with E-state index in [1.807, 2.05) is 11.8 Å². The lowest BCUT2D eigenvalue weighted by molar-refractivity contribution is 0.162. The maximum absolute atomic E-state index is 5.95. The molecule has 3 rings (SSSR count). The van der Waals surface area contributed by atoms with Crippen molar-refractivity contribution >= 4 is 11.8 Å². The van der Waals surface area contributed by atoms with Crippen molar-refractivity contribution in [1.29, 1.82) is 0 Å². The van der Waals surface area contributed by atoms with Crippen molar-refractivity contribution < 1.29 is 4.74 Å². The summed E-state index contributed by atoms with van der Waals surface area (Å²) in [6.45, 7) is 4.14. The number of thioether (sulfide) groups is 1. The summed E-state index contributed by atoms with van der Waals surface area (Å²) in [6, 6.07) is 9.16. The molecule has 2 aliphatic heterocycles. The maximum atomic E-state index is 5.95. The number of rotatable bonds is 5. The molecule has 20 heavy (non-hydrogen) atoms. The first kappa shape index (κ1) is 14.0. The van der Waals surface area contributed by atoms with Gasteiger partial charge in [0.15, 0.2) is 0 Å². The molecule has 0 saturated heterocycles. The third kappa shape index (κ3) is 2.89. The molecule has 2 atom stereocenters. The molecule has 0 aliphatic carbocycles. The van der Waals surface area contributed by atoms with Gasteiger partial charge in [-0.05, 0) is 43.5 Å². The number of fused-ring (bicyclic) bond motifs is 1. The minimum Gasteiger partial charge on any atom is -0.497 e. The van der Waals surface area contributed by atoms with E-state index in [1.54, 1.807) is 0 Å². The molecule has 0 radical (unpaired) electrons. The van der Waals surface area contributed by atoms with Gasteiger partial charge in [0.25, 0.3) is 0 Å². The SMILES string of the molecule is CCCNC(C1=CCCCO1)C1CSc2ccccc21. The highest BCUT2D eigenvalue weighted by Gasteiger charge is 2.33. The minimum atomic E-state index is 0.339. The summed E-state index contributed by atoms with van der Waals surface area (Å²) in [5.74, 6) is 2.86. The van der Waals surface area contributed by atoms with Crippen LogP contribution in [0.15, 0.2) is 41.0 Å². The Bertz CT molecular complexity index is 486. The Morgan fingerprint density at radius 3 is 3.10 bits per heavy atom. The average Bonchev–Trinajstić information content (AvgIpc) is 2.93. The summed E-state index contributed by atoms with van der Waals surface area (Å²) in [7, 11) is 0. The molecule has 0 saturated carbocycles. The molecule has 108 valence electrons. The molecule has 2 aliphatic rings. The van der Waals surface area contributed by atoms with Crippen LogP contribution >= 0.6 is 11.8 Å². The molecule has 0 spiro atoms. The lowest BCUT2D eigenvalue weighted by atomic mass is 9.91. The van der Waals surface area contributed by atoms with Crippen LogP contribution in [0.25, 0.3) is 0 Å². The third-order valence-corrected chi connectivity index (χ3v) is 5.23. The summed E-state index contributed by atoms with van der Waals surface area (Å²) in [4.78, 5) is 1.44. The van der Waals surface area contributed by atoms with Crippen molar-refractivity contribution in [3.05, 3.63) is 41.7 Å². The zero-order chi connectivity index (χ0) is 13.8. The van der Waals surface area contributed by atoms with Crippen LogP contribution in [0.1, 0.15) is 37.7 Å². The van der Waals surface area contributed by atoms with Crippen molar-refractivity contribution in [2.45, 2.75) is 43.0 Å². The van der Waals surface area contributed by atoms with E-state index in [9.17, 15) is 0 Å². The fourth-order valence-electron chi connectivity index (χ4n) is 3.00. The topological polar surface area (TPSA) is 21.3 Å². The van der Waals surface area contributed by atoms with E-state index in [4.69, 9.17) is 4.74 Å². The predicted octanol–water partition coefficient (Wildman–Crippen LogP) is 3.94. The fourth-order valence-corrected chi connectivity index (χ4v) is 4.29. The van der Waals surface area contributed by atoms with Crippen LogP contribution in [-0.4, -0.2) is 24.9 Å². The Labute approximate surface area is 126 Å².